The number of ether oxygens (including phenoxy) is 4. The van der Waals surface area contributed by atoms with E-state index in [1.165, 1.54) is 13.2 Å². The third-order valence-electron chi connectivity index (χ3n) is 4.51. The first-order valence-corrected chi connectivity index (χ1v) is 9.39. The van der Waals surface area contributed by atoms with Crippen LogP contribution >= 0.6 is 0 Å². The quantitative estimate of drug-likeness (QED) is 0.439. The molecule has 0 saturated heterocycles. The maximum Gasteiger partial charge on any atom is 0.307 e. The van der Waals surface area contributed by atoms with Gasteiger partial charge in [0.25, 0.3) is 0 Å². The van der Waals surface area contributed by atoms with Crippen LogP contribution in [0.2, 0.25) is 0 Å². The molecule has 0 aliphatic carbocycles. The molecule has 2 aromatic carbocycles. The van der Waals surface area contributed by atoms with Gasteiger partial charge in [-0.05, 0) is 35.9 Å². The van der Waals surface area contributed by atoms with Crippen molar-refractivity contribution in [2.45, 2.75) is 13.0 Å². The highest BCUT2D eigenvalue weighted by Crippen LogP contribution is 2.26. The lowest BCUT2D eigenvalue weighted by molar-refractivity contribution is -0.141. The molecule has 7 heteroatoms. The molecule has 30 heavy (non-hydrogen) atoms. The second-order valence-corrected chi connectivity index (χ2v) is 6.37. The van der Waals surface area contributed by atoms with Crippen LogP contribution in [-0.2, 0) is 20.9 Å². The van der Waals surface area contributed by atoms with E-state index in [4.69, 9.17) is 18.9 Å². The van der Waals surface area contributed by atoms with Crippen LogP contribution in [0.4, 0.5) is 0 Å². The van der Waals surface area contributed by atoms with E-state index in [1.54, 1.807) is 44.4 Å². The Hall–Kier alpha value is -3.48. The maximum absolute atomic E-state index is 12.9. The molecule has 0 radical (unpaired) electrons. The highest BCUT2D eigenvalue weighted by Gasteiger charge is 2.16. The molecule has 0 unspecified atom stereocenters. The van der Waals surface area contributed by atoms with Gasteiger partial charge in [0.05, 0.1) is 34.9 Å². The van der Waals surface area contributed by atoms with Crippen molar-refractivity contribution in [2.75, 3.05) is 35.0 Å². The summed E-state index contributed by atoms with van der Waals surface area (Å²) in [5.74, 6) is 1.39. The molecule has 0 spiro atoms. The molecular formula is C23H27NO6. The Morgan fingerprint density at radius 2 is 1.57 bits per heavy atom. The summed E-state index contributed by atoms with van der Waals surface area (Å²) in [6.07, 6.45) is 3.30. The molecule has 0 saturated carbocycles. The van der Waals surface area contributed by atoms with Crippen LogP contribution in [-0.4, -0.2) is 51.8 Å². The molecule has 0 aromatic heterocycles. The van der Waals surface area contributed by atoms with Crippen molar-refractivity contribution in [1.29, 1.82) is 0 Å². The van der Waals surface area contributed by atoms with Gasteiger partial charge in [0.2, 0.25) is 5.91 Å². The van der Waals surface area contributed by atoms with Gasteiger partial charge in [-0.15, -0.1) is 0 Å². The first kappa shape index (κ1) is 22.8. The average Bonchev–Trinajstić information content (AvgIpc) is 2.80. The molecule has 160 valence electrons. The zero-order valence-corrected chi connectivity index (χ0v) is 17.7. The zero-order valence-electron chi connectivity index (χ0n) is 17.7. The second kappa shape index (κ2) is 11.5. The molecule has 0 N–H and O–H groups in total. The topological polar surface area (TPSA) is 74.3 Å². The number of methoxy groups -OCH3 is 4. The lowest BCUT2D eigenvalue weighted by Crippen LogP contribution is -2.31. The fraction of sp³-hybridized carbons (Fsp3) is 0.304. The summed E-state index contributed by atoms with van der Waals surface area (Å²) in [6, 6.07) is 12.7. The molecule has 0 fully saturated rings. The van der Waals surface area contributed by atoms with E-state index in [0.29, 0.717) is 11.5 Å². The van der Waals surface area contributed by atoms with Crippen LogP contribution in [0, 0.1) is 0 Å². The van der Waals surface area contributed by atoms with Crippen molar-refractivity contribution >= 4 is 18.0 Å². The number of amides is 1. The molecule has 0 aliphatic heterocycles. The highest BCUT2D eigenvalue weighted by atomic mass is 16.5. The van der Waals surface area contributed by atoms with Crippen LogP contribution in [0.15, 0.2) is 48.5 Å². The van der Waals surface area contributed by atoms with Crippen molar-refractivity contribution in [3.8, 4) is 17.2 Å². The predicted molar refractivity (Wildman–Crippen MR) is 114 cm³/mol. The van der Waals surface area contributed by atoms with Crippen molar-refractivity contribution < 1.29 is 28.5 Å². The fourth-order valence-corrected chi connectivity index (χ4v) is 2.77. The molecule has 0 bridgehead atoms. The van der Waals surface area contributed by atoms with Gasteiger partial charge in [0, 0.05) is 30.8 Å². The van der Waals surface area contributed by atoms with Crippen LogP contribution in [0.25, 0.3) is 6.08 Å². The van der Waals surface area contributed by atoms with E-state index in [1.807, 2.05) is 30.3 Å². The standard InChI is InChI=1S/C23H27NO6/c1-27-19-9-5-17(6-10-19)7-12-22(25)24(14-13-23(26)30-4)16-18-8-11-20(28-2)15-21(18)29-3/h5-12,15H,13-14,16H2,1-4H3/b12-7+. The minimum atomic E-state index is -0.381. The fourth-order valence-electron chi connectivity index (χ4n) is 2.77. The second-order valence-electron chi connectivity index (χ2n) is 6.37. The van der Waals surface area contributed by atoms with Gasteiger partial charge in [-0.3, -0.25) is 9.59 Å². The summed E-state index contributed by atoms with van der Waals surface area (Å²) < 4.78 is 20.5. The lowest BCUT2D eigenvalue weighted by Gasteiger charge is -2.22. The van der Waals surface area contributed by atoms with Gasteiger partial charge >= 0.3 is 5.97 Å². The monoisotopic (exact) mass is 413 g/mol. The SMILES string of the molecule is COC(=O)CCN(Cc1ccc(OC)cc1OC)C(=O)/C=C/c1ccc(OC)cc1. The largest absolute Gasteiger partial charge is 0.497 e. The molecule has 7 nitrogen and oxygen atoms in total. The molecule has 1 amide bonds. The third kappa shape index (κ3) is 6.55. The van der Waals surface area contributed by atoms with Crippen molar-refractivity contribution in [3.63, 3.8) is 0 Å². The van der Waals surface area contributed by atoms with E-state index in [2.05, 4.69) is 0 Å². The smallest absolute Gasteiger partial charge is 0.307 e. The van der Waals surface area contributed by atoms with Crippen LogP contribution in [0.1, 0.15) is 17.5 Å². The molecule has 2 aromatic rings. The Bertz CT molecular complexity index is 876. The Morgan fingerprint density at radius 1 is 0.900 bits per heavy atom. The van der Waals surface area contributed by atoms with E-state index in [9.17, 15) is 9.59 Å². The number of esters is 1. The number of benzene rings is 2. The summed E-state index contributed by atoms with van der Waals surface area (Å²) >= 11 is 0. The van der Waals surface area contributed by atoms with Gasteiger partial charge in [0.15, 0.2) is 0 Å². The van der Waals surface area contributed by atoms with E-state index in [-0.39, 0.29) is 31.4 Å². The van der Waals surface area contributed by atoms with Crippen LogP contribution < -0.4 is 14.2 Å². The summed E-state index contributed by atoms with van der Waals surface area (Å²) in [5, 5.41) is 0. The first-order chi connectivity index (χ1) is 14.5. The molecule has 2 rings (SSSR count). The highest BCUT2D eigenvalue weighted by molar-refractivity contribution is 5.92. The average molecular weight is 413 g/mol. The van der Waals surface area contributed by atoms with Gasteiger partial charge in [-0.2, -0.15) is 0 Å². The van der Waals surface area contributed by atoms with E-state index < -0.39 is 0 Å². The Morgan fingerprint density at radius 3 is 2.17 bits per heavy atom. The minimum Gasteiger partial charge on any atom is -0.497 e. The van der Waals surface area contributed by atoms with Gasteiger partial charge in [-0.1, -0.05) is 12.1 Å². The summed E-state index contributed by atoms with van der Waals surface area (Å²) in [6.45, 7) is 0.490. The number of nitrogens with zero attached hydrogens (tertiary/aromatic N) is 1. The molecule has 0 heterocycles. The van der Waals surface area contributed by atoms with Gasteiger partial charge in [0.1, 0.15) is 17.2 Å². The number of rotatable bonds is 10. The van der Waals surface area contributed by atoms with E-state index >= 15 is 0 Å². The van der Waals surface area contributed by atoms with E-state index in [0.717, 1.165) is 16.9 Å². The Labute approximate surface area is 176 Å². The summed E-state index contributed by atoms with van der Waals surface area (Å²) in [7, 11) is 6.05. The number of carbonyl (C=O) groups is 2. The number of carbonyl (C=O) groups excluding carboxylic acids is 2. The third-order valence-corrected chi connectivity index (χ3v) is 4.51. The number of hydrogen-bond acceptors (Lipinski definition) is 6. The van der Waals surface area contributed by atoms with Gasteiger partial charge in [-0.25, -0.2) is 0 Å². The normalized spacial score (nSPS) is 10.5. The minimum absolute atomic E-state index is 0.0943. The maximum atomic E-state index is 12.9. The van der Waals surface area contributed by atoms with Crippen molar-refractivity contribution in [1.82, 2.24) is 4.90 Å². The lowest BCUT2D eigenvalue weighted by atomic mass is 10.1. The first-order valence-electron chi connectivity index (χ1n) is 9.39. The van der Waals surface area contributed by atoms with Gasteiger partial charge < -0.3 is 23.8 Å². The van der Waals surface area contributed by atoms with Crippen LogP contribution in [0.5, 0.6) is 17.2 Å². The molecule has 0 aliphatic rings. The zero-order chi connectivity index (χ0) is 21.9. The van der Waals surface area contributed by atoms with Crippen LogP contribution in [0.3, 0.4) is 0 Å². The van der Waals surface area contributed by atoms with Crippen molar-refractivity contribution in [2.24, 2.45) is 0 Å². The summed E-state index contributed by atoms with van der Waals surface area (Å²) in [4.78, 5) is 26.0. The Balaban J connectivity index is 2.19. The predicted octanol–water partition coefficient (Wildman–Crippen LogP) is 3.32. The Kier molecular flexibility index (Phi) is 8.75. The molecular weight excluding hydrogens is 386 g/mol. The molecule has 0 atom stereocenters. The number of hydrogen-bond donors (Lipinski definition) is 0. The summed E-state index contributed by atoms with van der Waals surface area (Å²) in [5.41, 5.74) is 1.66. The van der Waals surface area contributed by atoms with Crippen molar-refractivity contribution in [3.05, 3.63) is 59.7 Å².